The van der Waals surface area contributed by atoms with Gasteiger partial charge in [0.2, 0.25) is 0 Å². The molecular formula is C24H27NO2. The lowest BCUT2D eigenvalue weighted by molar-refractivity contribution is 0.281. The van der Waals surface area contributed by atoms with Crippen molar-refractivity contribution in [3.05, 3.63) is 95.1 Å². The maximum absolute atomic E-state index is 6.23. The largest absolute Gasteiger partial charge is 0.488 e. The summed E-state index contributed by atoms with van der Waals surface area (Å²) in [6.07, 6.45) is 1.90. The third-order valence-corrected chi connectivity index (χ3v) is 4.48. The number of ether oxygens (including phenoxy) is 2. The standard InChI is InChI=1S/C24H27NO2/c1-2-9-22-23(26-17-19-10-5-3-6-11-19)15-14-21(16-25)24(22)27-18-20-12-7-4-8-13-20/h3-8,10-15H,2,9,16-18,25H2,1H3. The number of nitrogens with two attached hydrogens (primary N) is 1. The molecule has 3 aromatic carbocycles. The quantitative estimate of drug-likeness (QED) is 0.566. The van der Waals surface area contributed by atoms with Crippen LogP contribution >= 0.6 is 0 Å². The van der Waals surface area contributed by atoms with Gasteiger partial charge in [-0.3, -0.25) is 0 Å². The molecule has 0 heterocycles. The summed E-state index contributed by atoms with van der Waals surface area (Å²) in [5.74, 6) is 1.75. The fraction of sp³-hybridized carbons (Fsp3) is 0.250. The molecule has 0 unspecified atom stereocenters. The second-order valence-corrected chi connectivity index (χ2v) is 6.53. The van der Waals surface area contributed by atoms with Crippen molar-refractivity contribution in [3.8, 4) is 11.5 Å². The highest BCUT2D eigenvalue weighted by molar-refractivity contribution is 5.50. The highest BCUT2D eigenvalue weighted by Crippen LogP contribution is 2.34. The van der Waals surface area contributed by atoms with Gasteiger partial charge in [-0.05, 0) is 23.6 Å². The maximum atomic E-state index is 6.23. The Hall–Kier alpha value is -2.78. The van der Waals surface area contributed by atoms with Crippen molar-refractivity contribution in [1.29, 1.82) is 0 Å². The number of hydrogen-bond donors (Lipinski definition) is 1. The highest BCUT2D eigenvalue weighted by Gasteiger charge is 2.15. The van der Waals surface area contributed by atoms with Crippen LogP contribution in [0.2, 0.25) is 0 Å². The van der Waals surface area contributed by atoms with Gasteiger partial charge in [0.1, 0.15) is 24.7 Å². The Morgan fingerprint density at radius 3 is 1.89 bits per heavy atom. The molecular weight excluding hydrogens is 334 g/mol. The van der Waals surface area contributed by atoms with Crippen molar-refractivity contribution in [2.75, 3.05) is 0 Å². The zero-order valence-electron chi connectivity index (χ0n) is 15.9. The van der Waals surface area contributed by atoms with Crippen molar-refractivity contribution in [3.63, 3.8) is 0 Å². The third kappa shape index (κ3) is 5.11. The molecule has 0 radical (unpaired) electrons. The van der Waals surface area contributed by atoms with E-state index in [2.05, 4.69) is 31.2 Å². The van der Waals surface area contributed by atoms with Crippen LogP contribution < -0.4 is 15.2 Å². The molecule has 2 N–H and O–H groups in total. The number of rotatable bonds is 9. The van der Waals surface area contributed by atoms with E-state index in [0.717, 1.165) is 46.6 Å². The van der Waals surface area contributed by atoms with Crippen molar-refractivity contribution in [1.82, 2.24) is 0 Å². The summed E-state index contributed by atoms with van der Waals surface area (Å²) >= 11 is 0. The summed E-state index contributed by atoms with van der Waals surface area (Å²) in [4.78, 5) is 0. The molecule has 3 nitrogen and oxygen atoms in total. The fourth-order valence-corrected chi connectivity index (χ4v) is 3.09. The summed E-state index contributed by atoms with van der Waals surface area (Å²) in [6, 6.07) is 24.4. The molecule has 0 bridgehead atoms. The van der Waals surface area contributed by atoms with Crippen LogP contribution in [-0.4, -0.2) is 0 Å². The van der Waals surface area contributed by atoms with E-state index in [1.807, 2.05) is 48.5 Å². The van der Waals surface area contributed by atoms with Crippen molar-refractivity contribution in [2.45, 2.75) is 39.5 Å². The van der Waals surface area contributed by atoms with Crippen LogP contribution in [0.1, 0.15) is 35.6 Å². The summed E-state index contributed by atoms with van der Waals surface area (Å²) < 4.78 is 12.4. The van der Waals surface area contributed by atoms with Crippen LogP contribution in [0.5, 0.6) is 11.5 Å². The molecule has 0 saturated heterocycles. The van der Waals surface area contributed by atoms with E-state index in [4.69, 9.17) is 15.2 Å². The van der Waals surface area contributed by atoms with Gasteiger partial charge in [-0.2, -0.15) is 0 Å². The Bertz CT molecular complexity index is 832. The minimum absolute atomic E-state index is 0.444. The molecule has 0 saturated carbocycles. The van der Waals surface area contributed by atoms with Crippen molar-refractivity contribution in [2.24, 2.45) is 5.73 Å². The summed E-state index contributed by atoms with van der Waals surface area (Å²) in [5.41, 5.74) is 10.4. The van der Waals surface area contributed by atoms with Gasteiger partial charge in [0, 0.05) is 17.7 Å². The SMILES string of the molecule is CCCc1c(OCc2ccccc2)ccc(CN)c1OCc1ccccc1. The zero-order chi connectivity index (χ0) is 18.9. The van der Waals surface area contributed by atoms with E-state index in [9.17, 15) is 0 Å². The number of hydrogen-bond acceptors (Lipinski definition) is 3. The normalized spacial score (nSPS) is 10.6. The Morgan fingerprint density at radius 2 is 1.33 bits per heavy atom. The van der Waals surface area contributed by atoms with Gasteiger partial charge in [0.05, 0.1) is 0 Å². The van der Waals surface area contributed by atoms with Gasteiger partial charge in [-0.15, -0.1) is 0 Å². The first kappa shape index (κ1) is 19.0. The van der Waals surface area contributed by atoms with Gasteiger partial charge in [0.25, 0.3) is 0 Å². The molecule has 3 rings (SSSR count). The van der Waals surface area contributed by atoms with Gasteiger partial charge in [-0.1, -0.05) is 80.1 Å². The van der Waals surface area contributed by atoms with E-state index < -0.39 is 0 Å². The van der Waals surface area contributed by atoms with Crippen molar-refractivity contribution >= 4 is 0 Å². The van der Waals surface area contributed by atoms with E-state index >= 15 is 0 Å². The molecule has 27 heavy (non-hydrogen) atoms. The van der Waals surface area contributed by atoms with Crippen LogP contribution in [0.25, 0.3) is 0 Å². The molecule has 0 aromatic heterocycles. The predicted molar refractivity (Wildman–Crippen MR) is 110 cm³/mol. The van der Waals surface area contributed by atoms with Crippen molar-refractivity contribution < 1.29 is 9.47 Å². The molecule has 0 aliphatic rings. The topological polar surface area (TPSA) is 44.5 Å². The summed E-state index contributed by atoms with van der Waals surface area (Å²) in [7, 11) is 0. The minimum Gasteiger partial charge on any atom is -0.488 e. The van der Waals surface area contributed by atoms with Crippen LogP contribution in [0.15, 0.2) is 72.8 Å². The zero-order valence-corrected chi connectivity index (χ0v) is 15.9. The van der Waals surface area contributed by atoms with E-state index in [1.165, 1.54) is 0 Å². The van der Waals surface area contributed by atoms with Gasteiger partial charge in [0.15, 0.2) is 0 Å². The molecule has 0 aliphatic carbocycles. The lowest BCUT2D eigenvalue weighted by atomic mass is 10.0. The minimum atomic E-state index is 0.444. The molecule has 140 valence electrons. The van der Waals surface area contributed by atoms with Gasteiger partial charge in [-0.25, -0.2) is 0 Å². The molecule has 0 fully saturated rings. The Morgan fingerprint density at radius 1 is 0.741 bits per heavy atom. The molecule has 0 amide bonds. The van der Waals surface area contributed by atoms with Crippen LogP contribution in [0.4, 0.5) is 0 Å². The predicted octanol–water partition coefficient (Wildman–Crippen LogP) is 5.26. The lowest BCUT2D eigenvalue weighted by Crippen LogP contribution is -2.08. The van der Waals surface area contributed by atoms with Crippen LogP contribution in [0, 0.1) is 0 Å². The third-order valence-electron chi connectivity index (χ3n) is 4.48. The van der Waals surface area contributed by atoms with Crippen LogP contribution in [-0.2, 0) is 26.2 Å². The fourth-order valence-electron chi connectivity index (χ4n) is 3.09. The van der Waals surface area contributed by atoms with E-state index in [-0.39, 0.29) is 0 Å². The smallest absolute Gasteiger partial charge is 0.131 e. The molecule has 3 aromatic rings. The van der Waals surface area contributed by atoms with Gasteiger partial charge < -0.3 is 15.2 Å². The first-order valence-corrected chi connectivity index (χ1v) is 9.50. The van der Waals surface area contributed by atoms with E-state index in [1.54, 1.807) is 0 Å². The average molecular weight is 361 g/mol. The number of benzene rings is 3. The Labute approximate surface area is 161 Å². The Balaban J connectivity index is 1.84. The molecule has 0 spiro atoms. The highest BCUT2D eigenvalue weighted by atomic mass is 16.5. The maximum Gasteiger partial charge on any atom is 0.131 e. The second kappa shape index (κ2) is 9.79. The summed E-state index contributed by atoms with van der Waals surface area (Å²) in [5, 5.41) is 0. The molecule has 3 heteroatoms. The second-order valence-electron chi connectivity index (χ2n) is 6.53. The molecule has 0 atom stereocenters. The summed E-state index contributed by atoms with van der Waals surface area (Å²) in [6.45, 7) is 3.67. The first-order chi connectivity index (χ1) is 13.3. The van der Waals surface area contributed by atoms with E-state index in [0.29, 0.717) is 19.8 Å². The first-order valence-electron chi connectivity index (χ1n) is 9.50. The van der Waals surface area contributed by atoms with Crippen LogP contribution in [0.3, 0.4) is 0 Å². The molecule has 0 aliphatic heterocycles. The monoisotopic (exact) mass is 361 g/mol. The lowest BCUT2D eigenvalue weighted by Gasteiger charge is -2.19. The Kier molecular flexibility index (Phi) is 6.89. The average Bonchev–Trinajstić information content (AvgIpc) is 2.73. The van der Waals surface area contributed by atoms with Gasteiger partial charge >= 0.3 is 0 Å².